The monoisotopic (exact) mass is 725 g/mol. The molecule has 3 heteroatoms. The van der Waals surface area contributed by atoms with E-state index < -0.39 is 0 Å². The Kier molecular flexibility index (Phi) is 6.93. The van der Waals surface area contributed by atoms with Gasteiger partial charge in [-0.25, -0.2) is 0 Å². The van der Waals surface area contributed by atoms with Crippen LogP contribution < -0.4 is 0 Å². The second kappa shape index (κ2) is 12.5. The lowest BCUT2D eigenvalue weighted by molar-refractivity contribution is 1.16. The Morgan fingerprint density at radius 2 is 0.667 bits per heavy atom. The molecule has 0 aliphatic heterocycles. The lowest BCUT2D eigenvalue weighted by Gasteiger charge is -2.15. The van der Waals surface area contributed by atoms with E-state index in [1.807, 2.05) is 0 Å². The highest BCUT2D eigenvalue weighted by Gasteiger charge is 2.21. The summed E-state index contributed by atoms with van der Waals surface area (Å²) in [5, 5.41) is 7.45. The summed E-state index contributed by atoms with van der Waals surface area (Å²) in [6, 6.07) is 77.5. The van der Waals surface area contributed by atoms with E-state index in [2.05, 4.69) is 226 Å². The third kappa shape index (κ3) is 4.79. The van der Waals surface area contributed by atoms with Gasteiger partial charge < -0.3 is 13.7 Å². The first-order valence-corrected chi connectivity index (χ1v) is 19.6. The van der Waals surface area contributed by atoms with E-state index in [4.69, 9.17) is 0 Å². The minimum Gasteiger partial charge on any atom is -0.309 e. The Balaban J connectivity index is 1.13. The highest BCUT2D eigenvalue weighted by molar-refractivity contribution is 6.17. The number of fused-ring (bicyclic) bond motifs is 9. The second-order valence-corrected chi connectivity index (χ2v) is 14.9. The lowest BCUT2D eigenvalue weighted by atomic mass is 9.98. The molecule has 0 N–H and O–H groups in total. The molecule has 0 amide bonds. The minimum atomic E-state index is 1.14. The summed E-state index contributed by atoms with van der Waals surface area (Å²) in [7, 11) is 0. The van der Waals surface area contributed by atoms with E-state index >= 15 is 0 Å². The zero-order valence-electron chi connectivity index (χ0n) is 31.0. The van der Waals surface area contributed by atoms with E-state index in [9.17, 15) is 0 Å². The molecule has 0 atom stereocenters. The van der Waals surface area contributed by atoms with Crippen molar-refractivity contribution < 1.29 is 0 Å². The van der Waals surface area contributed by atoms with Gasteiger partial charge in [0.15, 0.2) is 0 Å². The van der Waals surface area contributed by atoms with Gasteiger partial charge in [-0.15, -0.1) is 0 Å². The summed E-state index contributed by atoms with van der Waals surface area (Å²) >= 11 is 0. The third-order valence-electron chi connectivity index (χ3n) is 11.8. The Labute approximate surface area is 329 Å². The van der Waals surface area contributed by atoms with Crippen molar-refractivity contribution in [1.29, 1.82) is 0 Å². The van der Waals surface area contributed by atoms with Gasteiger partial charge in [0, 0.05) is 43.7 Å². The zero-order valence-corrected chi connectivity index (χ0v) is 31.0. The molecule has 0 saturated heterocycles. The topological polar surface area (TPSA) is 14.8 Å². The lowest BCUT2D eigenvalue weighted by Crippen LogP contribution is -1.98. The first-order valence-electron chi connectivity index (χ1n) is 19.6. The van der Waals surface area contributed by atoms with Crippen molar-refractivity contribution in [3.8, 4) is 39.3 Å². The average molecular weight is 726 g/mol. The average Bonchev–Trinajstić information content (AvgIpc) is 3.92. The fourth-order valence-electron chi connectivity index (χ4n) is 9.36. The quantitative estimate of drug-likeness (QED) is 0.168. The van der Waals surface area contributed by atoms with Crippen molar-refractivity contribution in [1.82, 2.24) is 13.7 Å². The number of nitrogens with zero attached hydrogens (tertiary/aromatic N) is 3. The Hall–Kier alpha value is -7.62. The minimum absolute atomic E-state index is 1.14. The molecule has 0 unspecified atom stereocenters. The van der Waals surface area contributed by atoms with Crippen LogP contribution in [0.1, 0.15) is 0 Å². The van der Waals surface area contributed by atoms with Gasteiger partial charge in [0.05, 0.1) is 38.8 Å². The van der Waals surface area contributed by atoms with Gasteiger partial charge in [0.2, 0.25) is 0 Å². The molecule has 0 aliphatic carbocycles. The summed E-state index contributed by atoms with van der Waals surface area (Å²) in [4.78, 5) is 0. The van der Waals surface area contributed by atoms with Gasteiger partial charge in [0.25, 0.3) is 0 Å². The fourth-order valence-corrected chi connectivity index (χ4v) is 9.36. The molecule has 0 spiro atoms. The maximum atomic E-state index is 2.48. The van der Waals surface area contributed by atoms with Crippen LogP contribution in [0.2, 0.25) is 0 Å². The summed E-state index contributed by atoms with van der Waals surface area (Å²) in [5.74, 6) is 0. The van der Waals surface area contributed by atoms with E-state index in [1.54, 1.807) is 0 Å². The summed E-state index contributed by atoms with van der Waals surface area (Å²) in [6.07, 6.45) is 0. The molecule has 3 heterocycles. The number of hydrogen-bond acceptors (Lipinski definition) is 0. The molecular weight excluding hydrogens is 691 g/mol. The number of benzene rings is 9. The first kappa shape index (κ1) is 31.7. The van der Waals surface area contributed by atoms with Crippen molar-refractivity contribution in [3.63, 3.8) is 0 Å². The molecule has 12 aromatic rings. The van der Waals surface area contributed by atoms with Gasteiger partial charge in [-0.2, -0.15) is 0 Å². The van der Waals surface area contributed by atoms with Gasteiger partial charge in [-0.05, 0) is 95.1 Å². The molecule has 0 fully saturated rings. The fraction of sp³-hybridized carbons (Fsp3) is 0. The number of para-hydroxylation sites is 4. The van der Waals surface area contributed by atoms with Gasteiger partial charge in [0.1, 0.15) is 0 Å². The third-order valence-corrected chi connectivity index (χ3v) is 11.8. The summed E-state index contributed by atoms with van der Waals surface area (Å²) < 4.78 is 7.36. The Morgan fingerprint density at radius 3 is 1.26 bits per heavy atom. The molecule has 3 aromatic heterocycles. The van der Waals surface area contributed by atoms with Crippen molar-refractivity contribution >= 4 is 65.4 Å². The number of rotatable bonds is 5. The van der Waals surface area contributed by atoms with Crippen LogP contribution in [-0.4, -0.2) is 13.7 Å². The van der Waals surface area contributed by atoms with Crippen molar-refractivity contribution in [2.45, 2.75) is 0 Å². The molecule has 266 valence electrons. The summed E-state index contributed by atoms with van der Waals surface area (Å²) in [5.41, 5.74) is 15.4. The zero-order chi connectivity index (χ0) is 37.5. The van der Waals surface area contributed by atoms with Crippen molar-refractivity contribution in [2.75, 3.05) is 0 Å². The molecule has 57 heavy (non-hydrogen) atoms. The molecule has 0 saturated carbocycles. The smallest absolute Gasteiger partial charge is 0.0562 e. The van der Waals surface area contributed by atoms with E-state index in [0.29, 0.717) is 0 Å². The maximum Gasteiger partial charge on any atom is 0.0562 e. The molecule has 12 rings (SSSR count). The Morgan fingerprint density at radius 1 is 0.228 bits per heavy atom. The van der Waals surface area contributed by atoms with Crippen LogP contribution in [0.25, 0.3) is 105 Å². The van der Waals surface area contributed by atoms with E-state index in [-0.39, 0.29) is 0 Å². The SMILES string of the molecule is c1ccc(-c2cc(-c3ccccc3)cc(-n3c4ccccc4c4c(-n5c6ccccc6c6cc(-n7c8ccccc8c8ccccc87)ccc65)cccc43)c2)cc1. The molecule has 0 radical (unpaired) electrons. The maximum absolute atomic E-state index is 2.48. The van der Waals surface area contributed by atoms with Crippen LogP contribution in [0.5, 0.6) is 0 Å². The predicted molar refractivity (Wildman–Crippen MR) is 240 cm³/mol. The van der Waals surface area contributed by atoms with Crippen LogP contribution in [0.4, 0.5) is 0 Å². The highest BCUT2D eigenvalue weighted by atomic mass is 15.0. The predicted octanol–water partition coefficient (Wildman–Crippen LogP) is 14.3. The van der Waals surface area contributed by atoms with E-state index in [1.165, 1.54) is 93.4 Å². The molecule has 0 bridgehead atoms. The van der Waals surface area contributed by atoms with Gasteiger partial charge >= 0.3 is 0 Å². The second-order valence-electron chi connectivity index (χ2n) is 14.9. The van der Waals surface area contributed by atoms with Gasteiger partial charge in [-0.3, -0.25) is 0 Å². The normalized spacial score (nSPS) is 11.9. The van der Waals surface area contributed by atoms with Crippen LogP contribution in [0.3, 0.4) is 0 Å². The van der Waals surface area contributed by atoms with E-state index in [0.717, 1.165) is 11.4 Å². The largest absolute Gasteiger partial charge is 0.309 e. The van der Waals surface area contributed by atoms with Crippen LogP contribution >= 0.6 is 0 Å². The number of hydrogen-bond donors (Lipinski definition) is 0. The van der Waals surface area contributed by atoms with Crippen LogP contribution in [0, 0.1) is 0 Å². The first-order chi connectivity index (χ1) is 28.3. The molecular formula is C54H35N3. The number of aromatic nitrogens is 3. The molecule has 0 aliphatic rings. The van der Waals surface area contributed by atoms with Crippen molar-refractivity contribution in [2.24, 2.45) is 0 Å². The van der Waals surface area contributed by atoms with Gasteiger partial charge in [-0.1, -0.05) is 140 Å². The molecule has 3 nitrogen and oxygen atoms in total. The van der Waals surface area contributed by atoms with Crippen LogP contribution in [-0.2, 0) is 0 Å². The summed E-state index contributed by atoms with van der Waals surface area (Å²) in [6.45, 7) is 0. The van der Waals surface area contributed by atoms with Crippen molar-refractivity contribution in [3.05, 3.63) is 212 Å². The Bertz CT molecular complexity index is 3400. The molecule has 9 aromatic carbocycles. The van der Waals surface area contributed by atoms with Crippen LogP contribution in [0.15, 0.2) is 212 Å². The standard InChI is InChI=1S/C54H35N3/c1-3-16-36(17-4-1)38-32-39(37-18-5-2-6-19-37)34-41(33-38)56-50-27-14-10-23-45(50)54-52(56)28-15-29-53(54)57-49-26-13-9-22-44(49)46-35-40(30-31-51(46)57)55-47-24-11-7-20-42(47)43-21-8-12-25-48(43)55/h1-35H. The highest BCUT2D eigenvalue weighted by Crippen LogP contribution is 2.42.